The summed E-state index contributed by atoms with van der Waals surface area (Å²) in [5.74, 6) is 3.46. The van der Waals surface area contributed by atoms with Gasteiger partial charge >= 0.3 is 0 Å². The van der Waals surface area contributed by atoms with E-state index in [0.29, 0.717) is 13.0 Å². The van der Waals surface area contributed by atoms with Gasteiger partial charge in [0.05, 0.1) is 6.61 Å². The van der Waals surface area contributed by atoms with Gasteiger partial charge in [0.1, 0.15) is 5.75 Å². The van der Waals surface area contributed by atoms with Crippen molar-refractivity contribution >= 4 is 0 Å². The minimum Gasteiger partial charge on any atom is -0.494 e. The summed E-state index contributed by atoms with van der Waals surface area (Å²) in [4.78, 5) is 0. The lowest BCUT2D eigenvalue weighted by Crippen LogP contribution is -2.11. The summed E-state index contributed by atoms with van der Waals surface area (Å²) < 4.78 is 5.51. The number of ether oxygens (including phenoxy) is 1. The van der Waals surface area contributed by atoms with Crippen molar-refractivity contribution in [2.24, 2.45) is 5.73 Å². The molecule has 0 spiro atoms. The highest BCUT2D eigenvalue weighted by Crippen LogP contribution is 2.26. The van der Waals surface area contributed by atoms with Crippen LogP contribution in [0.1, 0.15) is 31.4 Å². The Morgan fingerprint density at radius 2 is 2.20 bits per heavy atom. The van der Waals surface area contributed by atoms with E-state index >= 15 is 0 Å². The highest BCUT2D eigenvalue weighted by molar-refractivity contribution is 5.35. The molecule has 0 aliphatic carbocycles. The van der Waals surface area contributed by atoms with Crippen LogP contribution in [0.15, 0.2) is 24.3 Å². The van der Waals surface area contributed by atoms with Crippen LogP contribution in [0.5, 0.6) is 5.75 Å². The van der Waals surface area contributed by atoms with Gasteiger partial charge in [-0.3, -0.25) is 0 Å². The molecule has 2 nitrogen and oxygen atoms in total. The number of terminal acetylenes is 1. The molecule has 0 aromatic heterocycles. The summed E-state index contributed by atoms with van der Waals surface area (Å²) in [5.41, 5.74) is 7.07. The maximum Gasteiger partial charge on any atom is 0.124 e. The van der Waals surface area contributed by atoms with E-state index in [1.165, 1.54) is 0 Å². The maximum atomic E-state index is 6.04. The lowest BCUT2D eigenvalue weighted by atomic mass is 10.0. The van der Waals surface area contributed by atoms with Gasteiger partial charge in [-0.2, -0.15) is 0 Å². The Balaban J connectivity index is 2.78. The fourth-order valence-corrected chi connectivity index (χ4v) is 1.47. The monoisotopic (exact) mass is 203 g/mol. The molecule has 1 aromatic carbocycles. The molecule has 0 saturated heterocycles. The van der Waals surface area contributed by atoms with Crippen LogP contribution in [0.3, 0.4) is 0 Å². The fourth-order valence-electron chi connectivity index (χ4n) is 1.47. The van der Waals surface area contributed by atoms with Gasteiger partial charge in [-0.25, -0.2) is 0 Å². The second-order valence-corrected chi connectivity index (χ2v) is 3.32. The lowest BCUT2D eigenvalue weighted by molar-refractivity contribution is 0.333. The van der Waals surface area contributed by atoms with Crippen molar-refractivity contribution in [2.75, 3.05) is 6.61 Å². The van der Waals surface area contributed by atoms with Gasteiger partial charge in [0.2, 0.25) is 0 Å². The zero-order chi connectivity index (χ0) is 11.1. The summed E-state index contributed by atoms with van der Waals surface area (Å²) >= 11 is 0. The van der Waals surface area contributed by atoms with Gasteiger partial charge in [-0.15, -0.1) is 12.3 Å². The number of benzene rings is 1. The Hall–Kier alpha value is -1.46. The van der Waals surface area contributed by atoms with Crippen molar-refractivity contribution in [2.45, 2.75) is 25.8 Å². The van der Waals surface area contributed by atoms with E-state index in [4.69, 9.17) is 16.9 Å². The normalized spacial score (nSPS) is 11.8. The number of nitrogens with two attached hydrogens (primary N) is 1. The van der Waals surface area contributed by atoms with Crippen molar-refractivity contribution in [1.29, 1.82) is 0 Å². The van der Waals surface area contributed by atoms with E-state index in [0.717, 1.165) is 17.7 Å². The third-order valence-corrected chi connectivity index (χ3v) is 2.22. The molecule has 0 radical (unpaired) electrons. The number of rotatable bonds is 5. The summed E-state index contributed by atoms with van der Waals surface area (Å²) in [6.07, 6.45) is 6.70. The van der Waals surface area contributed by atoms with Crippen LogP contribution in [-0.4, -0.2) is 6.61 Å². The molecule has 1 unspecified atom stereocenters. The van der Waals surface area contributed by atoms with Gasteiger partial charge in [0.15, 0.2) is 0 Å². The summed E-state index contributed by atoms with van der Waals surface area (Å²) in [6.45, 7) is 2.61. The number of para-hydroxylation sites is 1. The Kier molecular flexibility index (Phi) is 4.73. The minimum atomic E-state index is -0.0381. The zero-order valence-corrected chi connectivity index (χ0v) is 9.07. The molecule has 1 rings (SSSR count). The fraction of sp³-hybridized carbons (Fsp3) is 0.385. The smallest absolute Gasteiger partial charge is 0.124 e. The minimum absolute atomic E-state index is 0.0381. The molecule has 2 heteroatoms. The van der Waals surface area contributed by atoms with E-state index < -0.39 is 0 Å². The second kappa shape index (κ2) is 6.10. The van der Waals surface area contributed by atoms with Gasteiger partial charge in [0, 0.05) is 18.0 Å². The van der Waals surface area contributed by atoms with Crippen molar-refractivity contribution in [3.63, 3.8) is 0 Å². The average Bonchev–Trinajstić information content (AvgIpc) is 2.27. The van der Waals surface area contributed by atoms with Crippen LogP contribution >= 0.6 is 0 Å². The Bertz CT molecular complexity index is 341. The Labute approximate surface area is 91.4 Å². The molecule has 0 amide bonds. The molecule has 80 valence electrons. The van der Waals surface area contributed by atoms with Crippen molar-refractivity contribution < 1.29 is 4.74 Å². The van der Waals surface area contributed by atoms with Crippen molar-refractivity contribution in [1.82, 2.24) is 0 Å². The topological polar surface area (TPSA) is 35.2 Å². The van der Waals surface area contributed by atoms with E-state index in [1.807, 2.05) is 31.2 Å². The predicted octanol–water partition coefficient (Wildman–Crippen LogP) is 2.50. The molecule has 0 heterocycles. The molecule has 0 fully saturated rings. The summed E-state index contributed by atoms with van der Waals surface area (Å²) in [5, 5.41) is 0. The second-order valence-electron chi connectivity index (χ2n) is 3.32. The number of hydrogen-bond acceptors (Lipinski definition) is 2. The molecular formula is C13H17NO. The molecule has 1 atom stereocenters. The third-order valence-electron chi connectivity index (χ3n) is 2.22. The molecule has 2 N–H and O–H groups in total. The van der Waals surface area contributed by atoms with Crippen LogP contribution in [0, 0.1) is 12.3 Å². The first-order chi connectivity index (χ1) is 7.29. The van der Waals surface area contributed by atoms with E-state index in [1.54, 1.807) is 0 Å². The van der Waals surface area contributed by atoms with Gasteiger partial charge in [0.25, 0.3) is 0 Å². The summed E-state index contributed by atoms with van der Waals surface area (Å²) in [6, 6.07) is 7.81. The van der Waals surface area contributed by atoms with E-state index in [-0.39, 0.29) is 6.04 Å². The first-order valence-electron chi connectivity index (χ1n) is 5.20. The molecule has 0 bridgehead atoms. The predicted molar refractivity (Wildman–Crippen MR) is 62.6 cm³/mol. The van der Waals surface area contributed by atoms with Crippen molar-refractivity contribution in [3.05, 3.63) is 29.8 Å². The van der Waals surface area contributed by atoms with Crippen LogP contribution in [0.4, 0.5) is 0 Å². The summed E-state index contributed by atoms with van der Waals surface area (Å²) in [7, 11) is 0. The van der Waals surface area contributed by atoms with Crippen LogP contribution in [-0.2, 0) is 0 Å². The van der Waals surface area contributed by atoms with Gasteiger partial charge in [-0.05, 0) is 19.4 Å². The van der Waals surface area contributed by atoms with Crippen LogP contribution in [0.25, 0.3) is 0 Å². The SMILES string of the molecule is C#CCCC(N)c1ccccc1OCC. The average molecular weight is 203 g/mol. The molecule has 1 aromatic rings. The highest BCUT2D eigenvalue weighted by Gasteiger charge is 2.10. The molecule has 15 heavy (non-hydrogen) atoms. The standard InChI is InChI=1S/C13H17NO/c1-3-5-9-12(14)11-8-6-7-10-13(11)15-4-2/h1,6-8,10,12H,4-5,9,14H2,2H3. The molecule has 0 aliphatic rings. The van der Waals surface area contributed by atoms with Crippen LogP contribution in [0.2, 0.25) is 0 Å². The molecular weight excluding hydrogens is 186 g/mol. The molecule has 0 aliphatic heterocycles. The quantitative estimate of drug-likeness (QED) is 0.746. The Morgan fingerprint density at radius 1 is 1.47 bits per heavy atom. The maximum absolute atomic E-state index is 6.04. The van der Waals surface area contributed by atoms with E-state index in [9.17, 15) is 0 Å². The third kappa shape index (κ3) is 3.30. The van der Waals surface area contributed by atoms with E-state index in [2.05, 4.69) is 5.92 Å². The largest absolute Gasteiger partial charge is 0.494 e. The van der Waals surface area contributed by atoms with Gasteiger partial charge in [-0.1, -0.05) is 18.2 Å². The molecule has 0 saturated carbocycles. The first-order valence-corrected chi connectivity index (χ1v) is 5.20. The Morgan fingerprint density at radius 3 is 2.87 bits per heavy atom. The van der Waals surface area contributed by atoms with Gasteiger partial charge < -0.3 is 10.5 Å². The van der Waals surface area contributed by atoms with Crippen molar-refractivity contribution in [3.8, 4) is 18.1 Å². The van der Waals surface area contributed by atoms with Crippen LogP contribution < -0.4 is 10.5 Å². The first kappa shape index (κ1) is 11.6. The lowest BCUT2D eigenvalue weighted by Gasteiger charge is -2.15. The zero-order valence-electron chi connectivity index (χ0n) is 9.07. The highest BCUT2D eigenvalue weighted by atomic mass is 16.5. The number of hydrogen-bond donors (Lipinski definition) is 1.